The molecule has 0 saturated heterocycles. The van der Waals surface area contributed by atoms with Gasteiger partial charge in [0.1, 0.15) is 23.9 Å². The Hall–Kier alpha value is -4.52. The molecule has 0 N–H and O–H groups in total. The summed E-state index contributed by atoms with van der Waals surface area (Å²) < 4.78 is 70.9. The predicted molar refractivity (Wildman–Crippen MR) is 160 cm³/mol. The second kappa shape index (κ2) is 13.4. The number of nitriles is 1. The van der Waals surface area contributed by atoms with E-state index in [-0.39, 0.29) is 17.7 Å². The summed E-state index contributed by atoms with van der Waals surface area (Å²) in [6.45, 7) is 0.141. The Bertz CT molecular complexity index is 1830. The van der Waals surface area contributed by atoms with Crippen molar-refractivity contribution in [2.75, 3.05) is 18.5 Å². The van der Waals surface area contributed by atoms with Gasteiger partial charge in [0.05, 0.1) is 49.2 Å². The SMILES string of the molecule is COc1ccc(CN(c2ncns2)S(=O)c2ccc(Sc3ccc(C(F)(F)F)cc3-c3ccnnc3)c(C#N)c2)c(OC)c1. The molecule has 0 aliphatic heterocycles. The summed E-state index contributed by atoms with van der Waals surface area (Å²) >= 11 is 2.18. The van der Waals surface area contributed by atoms with Crippen LogP contribution in [-0.2, 0) is 23.7 Å². The van der Waals surface area contributed by atoms with Crippen LogP contribution < -0.4 is 13.8 Å². The first-order valence-corrected chi connectivity index (χ1v) is 15.3. The lowest BCUT2D eigenvalue weighted by Gasteiger charge is -2.22. The van der Waals surface area contributed by atoms with Gasteiger partial charge in [-0.2, -0.15) is 33.0 Å². The molecule has 5 aromatic rings. The van der Waals surface area contributed by atoms with Gasteiger partial charge in [0, 0.05) is 38.5 Å². The molecular weight excluding hydrogens is 634 g/mol. The maximum Gasteiger partial charge on any atom is 0.416 e. The third-order valence-electron chi connectivity index (χ3n) is 6.27. The van der Waals surface area contributed by atoms with Gasteiger partial charge >= 0.3 is 6.18 Å². The van der Waals surface area contributed by atoms with Gasteiger partial charge in [0.2, 0.25) is 5.13 Å². The zero-order chi connectivity index (χ0) is 31.3. The van der Waals surface area contributed by atoms with E-state index < -0.39 is 22.7 Å². The molecule has 2 aromatic heterocycles. The average Bonchev–Trinajstić information content (AvgIpc) is 3.58. The number of methoxy groups -OCH3 is 2. The summed E-state index contributed by atoms with van der Waals surface area (Å²) in [6, 6.07) is 17.1. The summed E-state index contributed by atoms with van der Waals surface area (Å²) in [5, 5.41) is 17.9. The fourth-order valence-electron chi connectivity index (χ4n) is 4.12. The number of benzene rings is 3. The van der Waals surface area contributed by atoms with Crippen LogP contribution in [0.3, 0.4) is 0 Å². The molecule has 0 aliphatic rings. The van der Waals surface area contributed by atoms with Gasteiger partial charge in [-0.05, 0) is 60.2 Å². The molecule has 15 heteroatoms. The van der Waals surface area contributed by atoms with Gasteiger partial charge < -0.3 is 9.47 Å². The fourth-order valence-corrected chi connectivity index (χ4v) is 6.98. The molecule has 2 heterocycles. The maximum atomic E-state index is 14.0. The molecule has 44 heavy (non-hydrogen) atoms. The number of hydrogen-bond donors (Lipinski definition) is 0. The number of alkyl halides is 3. The predicted octanol–water partition coefficient (Wildman–Crippen LogP) is 6.78. The Balaban J connectivity index is 1.49. The van der Waals surface area contributed by atoms with Gasteiger partial charge in [0.25, 0.3) is 0 Å². The van der Waals surface area contributed by atoms with Crippen molar-refractivity contribution in [3.8, 4) is 28.7 Å². The molecule has 0 radical (unpaired) electrons. The van der Waals surface area contributed by atoms with Crippen molar-refractivity contribution < 1.29 is 26.9 Å². The maximum absolute atomic E-state index is 14.0. The zero-order valence-corrected chi connectivity index (χ0v) is 25.4. The van der Waals surface area contributed by atoms with Crippen molar-refractivity contribution in [2.24, 2.45) is 0 Å². The van der Waals surface area contributed by atoms with E-state index in [2.05, 4.69) is 25.6 Å². The molecule has 0 fully saturated rings. The second-order valence-corrected chi connectivity index (χ2v) is 12.2. The minimum atomic E-state index is -4.55. The van der Waals surface area contributed by atoms with Crippen LogP contribution in [0.25, 0.3) is 11.1 Å². The number of aromatic nitrogens is 4. The molecule has 0 amide bonds. The largest absolute Gasteiger partial charge is 0.497 e. The van der Waals surface area contributed by atoms with Crippen LogP contribution in [0.4, 0.5) is 18.3 Å². The summed E-state index contributed by atoms with van der Waals surface area (Å²) in [4.78, 5) is 5.50. The highest BCUT2D eigenvalue weighted by Gasteiger charge is 2.31. The molecule has 5 rings (SSSR count). The monoisotopic (exact) mass is 654 g/mol. The minimum absolute atomic E-state index is 0.141. The lowest BCUT2D eigenvalue weighted by molar-refractivity contribution is -0.137. The van der Waals surface area contributed by atoms with E-state index in [4.69, 9.17) is 9.47 Å². The summed E-state index contributed by atoms with van der Waals surface area (Å²) in [6.07, 6.45) is -0.427. The van der Waals surface area contributed by atoms with Crippen molar-refractivity contribution in [1.29, 1.82) is 5.26 Å². The molecule has 0 bridgehead atoms. The highest BCUT2D eigenvalue weighted by molar-refractivity contribution is 7.99. The molecule has 0 aliphatic carbocycles. The van der Waals surface area contributed by atoms with Crippen molar-refractivity contribution in [3.05, 3.63) is 96.1 Å². The molecule has 224 valence electrons. The highest BCUT2D eigenvalue weighted by Crippen LogP contribution is 2.41. The third kappa shape index (κ3) is 6.83. The Morgan fingerprint density at radius 1 is 1.02 bits per heavy atom. The summed E-state index contributed by atoms with van der Waals surface area (Å²) in [5.74, 6) is 1.12. The molecule has 1 unspecified atom stereocenters. The Morgan fingerprint density at radius 2 is 1.84 bits per heavy atom. The van der Waals surface area contributed by atoms with Crippen LogP contribution in [0, 0.1) is 11.3 Å². The Morgan fingerprint density at radius 3 is 2.50 bits per heavy atom. The molecule has 1 atom stereocenters. The van der Waals surface area contributed by atoms with Gasteiger partial charge in [0.15, 0.2) is 11.0 Å². The highest BCUT2D eigenvalue weighted by atomic mass is 32.2. The Labute approximate surface area is 261 Å². The third-order valence-corrected chi connectivity index (χ3v) is 9.58. The first-order chi connectivity index (χ1) is 21.2. The molecule has 0 saturated carbocycles. The average molecular weight is 655 g/mol. The van der Waals surface area contributed by atoms with E-state index >= 15 is 0 Å². The number of nitrogens with zero attached hydrogens (tertiary/aromatic N) is 6. The van der Waals surface area contributed by atoms with Crippen molar-refractivity contribution in [2.45, 2.75) is 27.4 Å². The zero-order valence-electron chi connectivity index (χ0n) is 23.0. The standard InChI is InChI=1S/C29H21F3N6O3S3/c1-40-22-5-3-19(25(13-22)41-2)16-38(28-34-17-37-43-28)44(39)23-6-8-26(20(11-23)14-33)42-27-7-4-21(29(30,31)32)12-24(27)18-9-10-35-36-15-18/h3-13,15,17H,16H2,1-2H3. The number of ether oxygens (including phenoxy) is 2. The number of halogens is 3. The van der Waals surface area contributed by atoms with Gasteiger partial charge in [-0.15, -0.1) is 0 Å². The van der Waals surface area contributed by atoms with Gasteiger partial charge in [-0.3, -0.25) is 4.31 Å². The molecule has 0 spiro atoms. The van der Waals surface area contributed by atoms with Crippen LogP contribution in [0.2, 0.25) is 0 Å². The number of hydrogen-bond acceptors (Lipinski definition) is 10. The molecular formula is C29H21F3N6O3S3. The number of rotatable bonds is 10. The van der Waals surface area contributed by atoms with Crippen molar-refractivity contribution >= 4 is 39.4 Å². The van der Waals surface area contributed by atoms with Crippen LogP contribution in [0.15, 0.2) is 94.1 Å². The van der Waals surface area contributed by atoms with Crippen LogP contribution in [-0.4, -0.2) is 38.0 Å². The first-order valence-electron chi connectivity index (χ1n) is 12.6. The van der Waals surface area contributed by atoms with Crippen LogP contribution in [0.5, 0.6) is 11.5 Å². The number of anilines is 1. The molecule has 9 nitrogen and oxygen atoms in total. The quantitative estimate of drug-likeness (QED) is 0.161. The van der Waals surface area contributed by atoms with Gasteiger partial charge in [-0.25, -0.2) is 9.19 Å². The van der Waals surface area contributed by atoms with Crippen LogP contribution >= 0.6 is 23.3 Å². The van der Waals surface area contributed by atoms with E-state index in [0.29, 0.717) is 42.4 Å². The van der Waals surface area contributed by atoms with E-state index in [0.717, 1.165) is 35.4 Å². The van der Waals surface area contributed by atoms with Gasteiger partial charge in [-0.1, -0.05) is 11.8 Å². The summed E-state index contributed by atoms with van der Waals surface area (Å²) in [5.41, 5.74) is 0.813. The summed E-state index contributed by atoms with van der Waals surface area (Å²) in [7, 11) is 1.23. The van der Waals surface area contributed by atoms with Crippen LogP contribution in [0.1, 0.15) is 16.7 Å². The van der Waals surface area contributed by atoms with E-state index in [1.807, 2.05) is 0 Å². The van der Waals surface area contributed by atoms with Crippen molar-refractivity contribution in [1.82, 2.24) is 19.6 Å². The van der Waals surface area contributed by atoms with E-state index in [9.17, 15) is 22.6 Å². The lowest BCUT2D eigenvalue weighted by Crippen LogP contribution is -2.25. The fraction of sp³-hybridized carbons (Fsp3) is 0.138. The first kappa shape index (κ1) is 30.9. The smallest absolute Gasteiger partial charge is 0.416 e. The van der Waals surface area contributed by atoms with E-state index in [1.54, 1.807) is 43.5 Å². The minimum Gasteiger partial charge on any atom is -0.497 e. The Kier molecular flexibility index (Phi) is 9.43. The van der Waals surface area contributed by atoms with Crippen molar-refractivity contribution in [3.63, 3.8) is 0 Å². The second-order valence-electron chi connectivity index (χ2n) is 8.90. The van der Waals surface area contributed by atoms with E-state index in [1.165, 1.54) is 42.3 Å². The normalized spacial score (nSPS) is 11.9. The molecule has 3 aromatic carbocycles. The topological polar surface area (TPSA) is 114 Å². The lowest BCUT2D eigenvalue weighted by atomic mass is 10.0.